The van der Waals surface area contributed by atoms with Crippen molar-refractivity contribution in [2.45, 2.75) is 19.4 Å². The molecule has 27 heavy (non-hydrogen) atoms. The van der Waals surface area contributed by atoms with Gasteiger partial charge in [0.15, 0.2) is 5.69 Å². The highest BCUT2D eigenvalue weighted by Crippen LogP contribution is 2.26. The molecule has 1 atom stereocenters. The fourth-order valence-corrected chi connectivity index (χ4v) is 1.99. The van der Waals surface area contributed by atoms with Crippen LogP contribution in [0.5, 0.6) is 5.75 Å². The number of carbonyl (C=O) groups is 2. The minimum absolute atomic E-state index is 0.0701. The van der Waals surface area contributed by atoms with E-state index in [0.29, 0.717) is 0 Å². The van der Waals surface area contributed by atoms with Crippen LogP contribution in [-0.2, 0) is 4.79 Å². The van der Waals surface area contributed by atoms with Gasteiger partial charge in [-0.25, -0.2) is 13.6 Å². The Hall–Kier alpha value is -3.57. The summed E-state index contributed by atoms with van der Waals surface area (Å²) in [5, 5.41) is 26.0. The first kappa shape index (κ1) is 19.8. The number of non-ortho nitro benzene ring substituents is 1. The summed E-state index contributed by atoms with van der Waals surface area (Å²) >= 11 is 0. The fraction of sp³-hybridized carbons (Fsp3) is 0.267. The molecule has 0 spiro atoms. The van der Waals surface area contributed by atoms with Gasteiger partial charge in [0.05, 0.1) is 16.7 Å². The molecule has 144 valence electrons. The maximum atomic E-state index is 12.3. The number of benzene rings is 1. The second-order valence-electron chi connectivity index (χ2n) is 5.32. The summed E-state index contributed by atoms with van der Waals surface area (Å²) in [6.45, 7) is 0.399. The Bertz CT molecular complexity index is 870. The predicted octanol–water partition coefficient (Wildman–Crippen LogP) is 2.33. The molecule has 0 aliphatic carbocycles. The molecule has 1 aromatic carbocycles. The molecule has 0 fully saturated rings. The van der Waals surface area contributed by atoms with Gasteiger partial charge in [0.2, 0.25) is 0 Å². The van der Waals surface area contributed by atoms with Crippen LogP contribution in [-0.4, -0.2) is 44.7 Å². The van der Waals surface area contributed by atoms with Crippen molar-refractivity contribution in [3.8, 4) is 5.75 Å². The van der Waals surface area contributed by atoms with Gasteiger partial charge in [0, 0.05) is 18.3 Å². The molecule has 0 radical (unpaired) electrons. The molecule has 1 unspecified atom stereocenters. The summed E-state index contributed by atoms with van der Waals surface area (Å²) in [6, 6.07) is 3.37. The van der Waals surface area contributed by atoms with Gasteiger partial charge in [-0.3, -0.25) is 19.6 Å². The molecule has 1 amide bonds. The molecule has 2 rings (SSSR count). The largest absolute Gasteiger partial charge is 0.487 e. The Kier molecular flexibility index (Phi) is 6.00. The Morgan fingerprint density at radius 1 is 1.41 bits per heavy atom. The molecule has 1 aromatic heterocycles. The van der Waals surface area contributed by atoms with Gasteiger partial charge in [-0.1, -0.05) is 0 Å². The molecule has 0 saturated heterocycles. The predicted molar refractivity (Wildman–Crippen MR) is 87.1 cm³/mol. The van der Waals surface area contributed by atoms with Crippen molar-refractivity contribution >= 4 is 23.3 Å². The van der Waals surface area contributed by atoms with E-state index < -0.39 is 41.6 Å². The topological polar surface area (TPSA) is 137 Å². The Labute approximate surface area is 150 Å². The number of aromatic nitrogens is 2. The zero-order chi connectivity index (χ0) is 20.1. The summed E-state index contributed by atoms with van der Waals surface area (Å²) in [5.41, 5.74) is -0.675. The van der Waals surface area contributed by atoms with Crippen LogP contribution in [0.25, 0.3) is 0 Å². The lowest BCUT2D eigenvalue weighted by Gasteiger charge is -2.09. The van der Waals surface area contributed by atoms with Crippen LogP contribution < -0.4 is 10.1 Å². The van der Waals surface area contributed by atoms with E-state index in [-0.39, 0.29) is 17.1 Å². The number of nitrogens with one attached hydrogen (secondary N) is 1. The lowest BCUT2D eigenvalue weighted by atomic mass is 10.2. The number of carboxylic acid groups (broad SMARTS) is 1. The monoisotopic (exact) mass is 384 g/mol. The van der Waals surface area contributed by atoms with Crippen LogP contribution in [0.4, 0.5) is 20.2 Å². The molecule has 2 N–H and O–H groups in total. The zero-order valence-corrected chi connectivity index (χ0v) is 13.8. The fourth-order valence-electron chi connectivity index (χ4n) is 1.99. The molecule has 0 saturated carbocycles. The van der Waals surface area contributed by atoms with Crippen molar-refractivity contribution < 1.29 is 33.1 Å². The third-order valence-electron chi connectivity index (χ3n) is 3.33. The maximum Gasteiger partial charge on any atom is 0.328 e. The van der Waals surface area contributed by atoms with Crippen molar-refractivity contribution in [2.24, 2.45) is 0 Å². The Morgan fingerprint density at radius 2 is 2.11 bits per heavy atom. The second-order valence-corrected chi connectivity index (χ2v) is 5.32. The number of halogens is 2. The molecule has 10 nitrogen and oxygen atoms in total. The number of anilines is 1. The highest BCUT2D eigenvalue weighted by Gasteiger charge is 2.18. The average molecular weight is 384 g/mol. The molecule has 0 aliphatic heterocycles. The van der Waals surface area contributed by atoms with E-state index in [1.54, 1.807) is 0 Å². The first-order valence-electron chi connectivity index (χ1n) is 7.47. The van der Waals surface area contributed by atoms with E-state index in [4.69, 9.17) is 9.84 Å². The number of rotatable bonds is 8. The van der Waals surface area contributed by atoms with E-state index in [2.05, 4.69) is 10.4 Å². The van der Waals surface area contributed by atoms with Crippen LogP contribution in [0, 0.1) is 10.1 Å². The maximum absolute atomic E-state index is 12.3. The van der Waals surface area contributed by atoms with Gasteiger partial charge in [-0.15, -0.1) is 0 Å². The highest BCUT2D eigenvalue weighted by atomic mass is 19.3. The molecule has 0 bridgehead atoms. The molecule has 12 heteroatoms. The number of carbonyl (C=O) groups excluding carboxylic acids is 1. The number of carboxylic acids is 1. The van der Waals surface area contributed by atoms with Crippen molar-refractivity contribution in [3.05, 3.63) is 46.3 Å². The van der Waals surface area contributed by atoms with Crippen molar-refractivity contribution in [3.63, 3.8) is 0 Å². The number of nitro groups is 1. The Morgan fingerprint density at radius 3 is 2.70 bits per heavy atom. The van der Waals surface area contributed by atoms with E-state index in [0.717, 1.165) is 22.9 Å². The number of nitro benzene ring substituents is 1. The van der Waals surface area contributed by atoms with Gasteiger partial charge < -0.3 is 15.2 Å². The van der Waals surface area contributed by atoms with Gasteiger partial charge in [0.1, 0.15) is 18.4 Å². The normalized spacial score (nSPS) is 11.9. The molecular weight excluding hydrogens is 370 g/mol. The van der Waals surface area contributed by atoms with Crippen LogP contribution in [0.15, 0.2) is 30.5 Å². The van der Waals surface area contributed by atoms with E-state index in [1.165, 1.54) is 19.2 Å². The summed E-state index contributed by atoms with van der Waals surface area (Å²) in [4.78, 5) is 33.3. The van der Waals surface area contributed by atoms with Gasteiger partial charge in [-0.05, 0) is 13.0 Å². The van der Waals surface area contributed by atoms with Crippen LogP contribution >= 0.6 is 0 Å². The number of alkyl halides is 2. The average Bonchev–Trinajstić information content (AvgIpc) is 3.09. The lowest BCUT2D eigenvalue weighted by Crippen LogP contribution is -2.18. The zero-order valence-electron chi connectivity index (χ0n) is 13.8. The smallest absolute Gasteiger partial charge is 0.328 e. The number of ether oxygens (including phenoxy) is 1. The van der Waals surface area contributed by atoms with Crippen molar-refractivity contribution in [1.82, 2.24) is 9.78 Å². The van der Waals surface area contributed by atoms with Crippen LogP contribution in [0.3, 0.4) is 0 Å². The first-order chi connectivity index (χ1) is 12.7. The summed E-state index contributed by atoms with van der Waals surface area (Å²) < 4.78 is 30.3. The van der Waals surface area contributed by atoms with Crippen LogP contribution in [0.1, 0.15) is 23.5 Å². The van der Waals surface area contributed by atoms with Gasteiger partial charge in [-0.2, -0.15) is 5.10 Å². The third-order valence-corrected chi connectivity index (χ3v) is 3.33. The van der Waals surface area contributed by atoms with Crippen LogP contribution in [0.2, 0.25) is 0 Å². The SMILES string of the molecule is CC(C(=O)O)n1ccc(C(=O)Nc2cc(OCC(F)F)cc([N+](=O)[O-])c2)n1. The first-order valence-corrected chi connectivity index (χ1v) is 7.47. The summed E-state index contributed by atoms with van der Waals surface area (Å²) in [6.07, 6.45) is -1.49. The van der Waals surface area contributed by atoms with E-state index >= 15 is 0 Å². The minimum Gasteiger partial charge on any atom is -0.487 e. The minimum atomic E-state index is -2.78. The number of hydrogen-bond donors (Lipinski definition) is 2. The highest BCUT2D eigenvalue weighted by molar-refractivity contribution is 6.03. The number of nitrogens with zero attached hydrogens (tertiary/aromatic N) is 3. The molecule has 1 heterocycles. The van der Waals surface area contributed by atoms with E-state index in [1.807, 2.05) is 0 Å². The van der Waals surface area contributed by atoms with E-state index in [9.17, 15) is 28.5 Å². The Balaban J connectivity index is 2.21. The third kappa shape index (κ3) is 5.20. The number of aliphatic carboxylic acids is 1. The molecular formula is C15H14F2N4O6. The number of amides is 1. The molecule has 2 aromatic rings. The van der Waals surface area contributed by atoms with Crippen molar-refractivity contribution in [1.29, 1.82) is 0 Å². The van der Waals surface area contributed by atoms with Gasteiger partial charge in [0.25, 0.3) is 18.0 Å². The summed E-state index contributed by atoms with van der Waals surface area (Å²) in [5.74, 6) is -2.14. The molecule has 0 aliphatic rings. The van der Waals surface area contributed by atoms with Gasteiger partial charge >= 0.3 is 5.97 Å². The number of hydrogen-bond acceptors (Lipinski definition) is 6. The van der Waals surface area contributed by atoms with Crippen molar-refractivity contribution in [2.75, 3.05) is 11.9 Å². The second kappa shape index (κ2) is 8.21. The lowest BCUT2D eigenvalue weighted by molar-refractivity contribution is -0.384. The standard InChI is InChI=1S/C15H14F2N4O6/c1-8(15(23)24)20-3-2-12(19-20)14(22)18-9-4-10(21(25)26)6-11(5-9)27-7-13(16)17/h2-6,8,13H,7H2,1H3,(H,18,22)(H,23,24). The quantitative estimate of drug-likeness (QED) is 0.526. The summed E-state index contributed by atoms with van der Waals surface area (Å²) in [7, 11) is 0.